The Bertz CT molecular complexity index is 377. The van der Waals surface area contributed by atoms with E-state index < -0.39 is 0 Å². The highest BCUT2D eigenvalue weighted by Gasteiger charge is 2.11. The Balaban J connectivity index is 2.83. The van der Waals surface area contributed by atoms with E-state index in [0.29, 0.717) is 25.4 Å². The lowest BCUT2D eigenvalue weighted by molar-refractivity contribution is 0.174. The smallest absolute Gasteiger partial charge is 0.0726 e. The predicted molar refractivity (Wildman–Crippen MR) is 78.2 cm³/mol. The van der Waals surface area contributed by atoms with Crippen molar-refractivity contribution in [3.05, 3.63) is 29.3 Å². The summed E-state index contributed by atoms with van der Waals surface area (Å²) < 4.78 is 0. The summed E-state index contributed by atoms with van der Waals surface area (Å²) in [7, 11) is 2.02. The van der Waals surface area contributed by atoms with Gasteiger partial charge in [0, 0.05) is 19.3 Å². The van der Waals surface area contributed by atoms with Crippen molar-refractivity contribution in [2.75, 3.05) is 25.0 Å². The van der Waals surface area contributed by atoms with Crippen LogP contribution >= 0.6 is 0 Å². The molecule has 102 valence electrons. The van der Waals surface area contributed by atoms with E-state index in [1.54, 1.807) is 0 Å². The van der Waals surface area contributed by atoms with Gasteiger partial charge in [-0.3, -0.25) is 0 Å². The van der Waals surface area contributed by atoms with Crippen LogP contribution in [0.2, 0.25) is 0 Å². The van der Waals surface area contributed by atoms with Gasteiger partial charge in [-0.15, -0.1) is 0 Å². The summed E-state index contributed by atoms with van der Waals surface area (Å²) in [6, 6.07) is 6.54. The molecule has 3 nitrogen and oxygen atoms in total. The number of likely N-dealkylation sites (N-methyl/N-ethyl adjacent to an activating group) is 1. The molecule has 1 rings (SSSR count). The molecule has 1 aromatic rings. The number of aliphatic hydroxyl groups is 1. The fourth-order valence-electron chi connectivity index (χ4n) is 2.09. The van der Waals surface area contributed by atoms with Crippen LogP contribution < -0.4 is 10.6 Å². The fourth-order valence-corrected chi connectivity index (χ4v) is 2.09. The lowest BCUT2D eigenvalue weighted by atomic mass is 10.00. The molecule has 0 aliphatic heterocycles. The van der Waals surface area contributed by atoms with Crippen LogP contribution in [0.3, 0.4) is 0 Å². The molecule has 0 spiro atoms. The molecule has 0 amide bonds. The number of nitrogens with two attached hydrogens (primary N) is 1. The first-order chi connectivity index (χ1) is 8.45. The zero-order valence-electron chi connectivity index (χ0n) is 12.0. The van der Waals surface area contributed by atoms with Gasteiger partial charge in [0.05, 0.1) is 6.10 Å². The number of benzene rings is 1. The molecule has 1 atom stereocenters. The van der Waals surface area contributed by atoms with Crippen LogP contribution in [0.25, 0.3) is 0 Å². The molecular weight excluding hydrogens is 224 g/mol. The van der Waals surface area contributed by atoms with Crippen molar-refractivity contribution in [1.29, 1.82) is 0 Å². The summed E-state index contributed by atoms with van der Waals surface area (Å²) in [5, 5.41) is 9.83. The second-order valence-electron chi connectivity index (χ2n) is 5.31. The maximum absolute atomic E-state index is 9.83. The van der Waals surface area contributed by atoms with Crippen molar-refractivity contribution in [1.82, 2.24) is 0 Å². The first-order valence-corrected chi connectivity index (χ1v) is 6.65. The second kappa shape index (κ2) is 6.76. The number of anilines is 1. The number of rotatable bonds is 6. The summed E-state index contributed by atoms with van der Waals surface area (Å²) in [4.78, 5) is 2.11. The standard InChI is InChI=1S/C15H26N2O/c1-11(2)13-6-5-12(3)15(9-13)17(4)10-14(18)7-8-16/h5-6,9,11,14,18H,7-8,10,16H2,1-4H3. The Kier molecular flexibility index (Phi) is 5.63. The zero-order valence-corrected chi connectivity index (χ0v) is 12.0. The van der Waals surface area contributed by atoms with E-state index in [1.807, 2.05) is 7.05 Å². The average Bonchev–Trinajstić information content (AvgIpc) is 2.29. The molecular formula is C15H26N2O. The highest BCUT2D eigenvalue weighted by atomic mass is 16.3. The van der Waals surface area contributed by atoms with Crippen molar-refractivity contribution in [2.45, 2.75) is 39.2 Å². The Morgan fingerprint density at radius 2 is 2.00 bits per heavy atom. The number of aryl methyl sites for hydroxylation is 1. The number of hydrogen-bond acceptors (Lipinski definition) is 3. The summed E-state index contributed by atoms with van der Waals surface area (Å²) in [6.07, 6.45) is 0.287. The Labute approximate surface area is 111 Å². The molecule has 0 fully saturated rings. The normalized spacial score (nSPS) is 12.8. The van der Waals surface area contributed by atoms with Crippen molar-refractivity contribution in [2.24, 2.45) is 5.73 Å². The van der Waals surface area contributed by atoms with Gasteiger partial charge in [0.25, 0.3) is 0 Å². The van der Waals surface area contributed by atoms with Gasteiger partial charge in [-0.1, -0.05) is 26.0 Å². The second-order valence-corrected chi connectivity index (χ2v) is 5.31. The Hall–Kier alpha value is -1.06. The quantitative estimate of drug-likeness (QED) is 0.814. The summed E-state index contributed by atoms with van der Waals surface area (Å²) in [6.45, 7) is 7.64. The molecule has 1 unspecified atom stereocenters. The SMILES string of the molecule is Cc1ccc(C(C)C)cc1N(C)CC(O)CCN. The molecule has 0 heterocycles. The van der Waals surface area contributed by atoms with Crippen molar-refractivity contribution in [3.63, 3.8) is 0 Å². The molecule has 1 aromatic carbocycles. The van der Waals surface area contributed by atoms with E-state index in [0.717, 1.165) is 0 Å². The summed E-state index contributed by atoms with van der Waals surface area (Å²) in [5.41, 5.74) is 9.22. The molecule has 0 bridgehead atoms. The number of nitrogens with zero attached hydrogens (tertiary/aromatic N) is 1. The lowest BCUT2D eigenvalue weighted by Gasteiger charge is -2.25. The van der Waals surface area contributed by atoms with Gasteiger partial charge in [-0.2, -0.15) is 0 Å². The predicted octanol–water partition coefficient (Wildman–Crippen LogP) is 2.26. The minimum Gasteiger partial charge on any atom is -0.391 e. The first kappa shape index (κ1) is 15.0. The third-order valence-electron chi connectivity index (χ3n) is 3.30. The molecule has 0 radical (unpaired) electrons. The molecule has 18 heavy (non-hydrogen) atoms. The van der Waals surface area contributed by atoms with E-state index in [9.17, 15) is 5.11 Å². The highest BCUT2D eigenvalue weighted by Crippen LogP contribution is 2.25. The van der Waals surface area contributed by atoms with E-state index >= 15 is 0 Å². The van der Waals surface area contributed by atoms with E-state index in [4.69, 9.17) is 5.73 Å². The topological polar surface area (TPSA) is 49.5 Å². The van der Waals surface area contributed by atoms with Gasteiger partial charge >= 0.3 is 0 Å². The molecule has 0 saturated carbocycles. The summed E-state index contributed by atoms with van der Waals surface area (Å²) in [5.74, 6) is 0.520. The van der Waals surface area contributed by atoms with Gasteiger partial charge < -0.3 is 15.7 Å². The van der Waals surface area contributed by atoms with Crippen molar-refractivity contribution < 1.29 is 5.11 Å². The summed E-state index contributed by atoms with van der Waals surface area (Å²) >= 11 is 0. The molecule has 3 N–H and O–H groups in total. The lowest BCUT2D eigenvalue weighted by Crippen LogP contribution is -2.31. The third-order valence-corrected chi connectivity index (χ3v) is 3.30. The van der Waals surface area contributed by atoms with Crippen molar-refractivity contribution >= 4 is 5.69 Å². The van der Waals surface area contributed by atoms with Crippen LogP contribution in [0, 0.1) is 6.92 Å². The maximum Gasteiger partial charge on any atom is 0.0726 e. The third kappa shape index (κ3) is 4.00. The van der Waals surface area contributed by atoms with Crippen LogP contribution in [-0.4, -0.2) is 31.3 Å². The monoisotopic (exact) mass is 250 g/mol. The van der Waals surface area contributed by atoms with E-state index in [2.05, 4.69) is 43.9 Å². The van der Waals surface area contributed by atoms with Gasteiger partial charge in [0.15, 0.2) is 0 Å². The minimum atomic E-state index is -0.359. The Morgan fingerprint density at radius 1 is 1.33 bits per heavy atom. The molecule has 0 aliphatic carbocycles. The van der Waals surface area contributed by atoms with Crippen molar-refractivity contribution in [3.8, 4) is 0 Å². The molecule has 0 saturated heterocycles. The Morgan fingerprint density at radius 3 is 2.56 bits per heavy atom. The van der Waals surface area contributed by atoms with Crippen LogP contribution in [0.15, 0.2) is 18.2 Å². The molecule has 0 aliphatic rings. The molecule has 3 heteroatoms. The van der Waals surface area contributed by atoms with E-state index in [-0.39, 0.29) is 6.10 Å². The maximum atomic E-state index is 9.83. The number of hydrogen-bond donors (Lipinski definition) is 2. The van der Waals surface area contributed by atoms with Crippen LogP contribution in [0.4, 0.5) is 5.69 Å². The first-order valence-electron chi connectivity index (χ1n) is 6.65. The van der Waals surface area contributed by atoms with Crippen LogP contribution in [0.5, 0.6) is 0 Å². The van der Waals surface area contributed by atoms with Gasteiger partial charge in [-0.05, 0) is 43.0 Å². The zero-order chi connectivity index (χ0) is 13.7. The highest BCUT2D eigenvalue weighted by molar-refractivity contribution is 5.55. The minimum absolute atomic E-state index is 0.359. The average molecular weight is 250 g/mol. The molecule has 0 aromatic heterocycles. The fraction of sp³-hybridized carbons (Fsp3) is 0.600. The van der Waals surface area contributed by atoms with Gasteiger partial charge in [-0.25, -0.2) is 0 Å². The van der Waals surface area contributed by atoms with Crippen LogP contribution in [0.1, 0.15) is 37.3 Å². The largest absolute Gasteiger partial charge is 0.391 e. The van der Waals surface area contributed by atoms with E-state index in [1.165, 1.54) is 16.8 Å². The van der Waals surface area contributed by atoms with Gasteiger partial charge in [0.2, 0.25) is 0 Å². The van der Waals surface area contributed by atoms with Gasteiger partial charge in [0.1, 0.15) is 0 Å². The van der Waals surface area contributed by atoms with Crippen LogP contribution in [-0.2, 0) is 0 Å². The number of aliphatic hydroxyl groups excluding tert-OH is 1.